The van der Waals surface area contributed by atoms with E-state index < -0.39 is 0 Å². The average molecular weight is 333 g/mol. The summed E-state index contributed by atoms with van der Waals surface area (Å²) in [5.41, 5.74) is 2.87. The molecule has 7 nitrogen and oxygen atoms in total. The van der Waals surface area contributed by atoms with E-state index in [-0.39, 0.29) is 12.0 Å². The lowest BCUT2D eigenvalue weighted by Gasteiger charge is -2.08. The predicted molar refractivity (Wildman–Crippen MR) is 92.8 cm³/mol. The van der Waals surface area contributed by atoms with Gasteiger partial charge in [-0.2, -0.15) is 5.10 Å². The van der Waals surface area contributed by atoms with Crippen molar-refractivity contribution in [1.82, 2.24) is 15.2 Å². The van der Waals surface area contributed by atoms with Gasteiger partial charge in [-0.25, -0.2) is 4.98 Å². The summed E-state index contributed by atoms with van der Waals surface area (Å²) >= 11 is 0. The molecular formula is C18H15N5O2. The molecule has 1 atom stereocenters. The Kier molecular flexibility index (Phi) is 3.96. The third kappa shape index (κ3) is 3.25. The monoisotopic (exact) mass is 333 g/mol. The third-order valence-corrected chi connectivity index (χ3v) is 3.91. The van der Waals surface area contributed by atoms with Gasteiger partial charge in [-0.1, -0.05) is 47.6 Å². The van der Waals surface area contributed by atoms with Crippen molar-refractivity contribution < 1.29 is 9.63 Å². The minimum absolute atomic E-state index is 0.220. The lowest BCUT2D eigenvalue weighted by atomic mass is 10.0. The number of rotatable bonds is 4. The van der Waals surface area contributed by atoms with Crippen LogP contribution in [0, 0.1) is 0 Å². The molecule has 4 rings (SSSR count). The molecule has 0 bridgehead atoms. The molecule has 1 aromatic heterocycles. The number of hydrogen-bond donors (Lipinski definition) is 2. The number of H-pyrrole nitrogens is 1. The molecule has 25 heavy (non-hydrogen) atoms. The summed E-state index contributed by atoms with van der Waals surface area (Å²) in [5.74, 6) is 0.370. The minimum Gasteiger partial charge on any atom is -0.387 e. The number of nitrogens with zero attached hydrogens (tertiary/aromatic N) is 3. The number of oxime groups is 1. The van der Waals surface area contributed by atoms with Crippen LogP contribution >= 0.6 is 0 Å². The second kappa shape index (κ2) is 6.56. The van der Waals surface area contributed by atoms with E-state index >= 15 is 0 Å². The molecular weight excluding hydrogens is 318 g/mol. The van der Waals surface area contributed by atoms with Crippen LogP contribution in [0.1, 0.15) is 18.1 Å². The van der Waals surface area contributed by atoms with Crippen LogP contribution in [0.2, 0.25) is 0 Å². The van der Waals surface area contributed by atoms with Crippen molar-refractivity contribution in [2.24, 2.45) is 5.16 Å². The number of benzene rings is 2. The van der Waals surface area contributed by atoms with Crippen molar-refractivity contribution in [1.29, 1.82) is 0 Å². The maximum atomic E-state index is 12.4. The first-order valence-electron chi connectivity index (χ1n) is 7.84. The fourth-order valence-corrected chi connectivity index (χ4v) is 2.65. The zero-order chi connectivity index (χ0) is 17.1. The number of hydrogen-bond acceptors (Lipinski definition) is 5. The predicted octanol–water partition coefficient (Wildman–Crippen LogP) is 2.93. The summed E-state index contributed by atoms with van der Waals surface area (Å²) < 4.78 is 0. The first-order chi connectivity index (χ1) is 12.3. The number of amides is 1. The summed E-state index contributed by atoms with van der Waals surface area (Å²) in [6, 6.07) is 17.1. The Morgan fingerprint density at radius 2 is 2.04 bits per heavy atom. The number of anilines is 1. The normalized spacial score (nSPS) is 16.2. The fraction of sp³-hybridized carbons (Fsp3) is 0.111. The molecule has 2 N–H and O–H groups in total. The van der Waals surface area contributed by atoms with Crippen LogP contribution in [0.3, 0.4) is 0 Å². The van der Waals surface area contributed by atoms with Crippen LogP contribution < -0.4 is 5.32 Å². The van der Waals surface area contributed by atoms with E-state index in [9.17, 15) is 4.79 Å². The van der Waals surface area contributed by atoms with Gasteiger partial charge < -0.3 is 10.2 Å². The highest BCUT2D eigenvalue weighted by Gasteiger charge is 2.27. The molecule has 0 aliphatic carbocycles. The molecule has 3 aromatic rings. The van der Waals surface area contributed by atoms with Crippen LogP contribution in [0.25, 0.3) is 11.4 Å². The molecule has 124 valence electrons. The quantitative estimate of drug-likeness (QED) is 0.768. The SMILES string of the molecule is O=C(Nc1cccc(-c2ncn[nH]2)c1)C1=NOC(c2ccccc2)C1. The summed E-state index contributed by atoms with van der Waals surface area (Å²) in [7, 11) is 0. The topological polar surface area (TPSA) is 92.3 Å². The lowest BCUT2D eigenvalue weighted by Crippen LogP contribution is -2.21. The molecule has 0 radical (unpaired) electrons. The zero-order valence-electron chi connectivity index (χ0n) is 13.2. The highest BCUT2D eigenvalue weighted by atomic mass is 16.6. The first-order valence-corrected chi connectivity index (χ1v) is 7.84. The van der Waals surface area contributed by atoms with E-state index in [1.54, 1.807) is 0 Å². The van der Waals surface area contributed by atoms with Crippen molar-refractivity contribution in [2.45, 2.75) is 12.5 Å². The Bertz CT molecular complexity index is 906. The molecule has 1 amide bonds. The third-order valence-electron chi connectivity index (χ3n) is 3.91. The Balaban J connectivity index is 1.44. The van der Waals surface area contributed by atoms with Crippen molar-refractivity contribution in [3.8, 4) is 11.4 Å². The molecule has 1 unspecified atom stereocenters. The number of aromatic amines is 1. The molecule has 1 aliphatic rings. The van der Waals surface area contributed by atoms with E-state index in [0.717, 1.165) is 11.1 Å². The molecule has 0 fully saturated rings. The molecule has 0 saturated heterocycles. The van der Waals surface area contributed by atoms with Crippen LogP contribution in [0.4, 0.5) is 5.69 Å². The van der Waals surface area contributed by atoms with Gasteiger partial charge in [-0.3, -0.25) is 9.89 Å². The molecule has 0 spiro atoms. The highest BCUT2D eigenvalue weighted by molar-refractivity contribution is 6.43. The van der Waals surface area contributed by atoms with Crippen LogP contribution in [0.15, 0.2) is 66.1 Å². The van der Waals surface area contributed by atoms with Gasteiger partial charge in [0.2, 0.25) is 0 Å². The smallest absolute Gasteiger partial charge is 0.273 e. The second-order valence-corrected chi connectivity index (χ2v) is 5.62. The Labute approximate surface area is 143 Å². The lowest BCUT2D eigenvalue weighted by molar-refractivity contribution is -0.110. The molecule has 2 heterocycles. The molecule has 1 aliphatic heterocycles. The first kappa shape index (κ1) is 15.1. The number of carbonyl (C=O) groups excluding carboxylic acids is 1. The highest BCUT2D eigenvalue weighted by Crippen LogP contribution is 2.27. The van der Waals surface area contributed by atoms with Crippen molar-refractivity contribution in [3.05, 3.63) is 66.5 Å². The van der Waals surface area contributed by atoms with E-state index in [4.69, 9.17) is 4.84 Å². The van der Waals surface area contributed by atoms with Crippen LogP contribution in [0.5, 0.6) is 0 Å². The van der Waals surface area contributed by atoms with Gasteiger partial charge >= 0.3 is 0 Å². The Hall–Kier alpha value is -3.48. The zero-order valence-corrected chi connectivity index (χ0v) is 13.2. The van der Waals surface area contributed by atoms with Gasteiger partial charge in [-0.05, 0) is 17.7 Å². The summed E-state index contributed by atoms with van der Waals surface area (Å²) in [6.07, 6.45) is 1.66. The van der Waals surface area contributed by atoms with Gasteiger partial charge in [0.05, 0.1) is 0 Å². The molecule has 0 saturated carbocycles. The number of carbonyl (C=O) groups is 1. The largest absolute Gasteiger partial charge is 0.387 e. The van der Waals surface area contributed by atoms with E-state index in [1.165, 1.54) is 6.33 Å². The molecule has 2 aromatic carbocycles. The maximum Gasteiger partial charge on any atom is 0.273 e. The number of aromatic nitrogens is 3. The molecule has 7 heteroatoms. The fourth-order valence-electron chi connectivity index (χ4n) is 2.65. The van der Waals surface area contributed by atoms with Gasteiger partial charge in [0.15, 0.2) is 11.9 Å². The van der Waals surface area contributed by atoms with Crippen LogP contribution in [-0.2, 0) is 9.63 Å². The minimum atomic E-state index is -0.270. The summed E-state index contributed by atoms with van der Waals surface area (Å²) in [4.78, 5) is 21.9. The van der Waals surface area contributed by atoms with E-state index in [1.807, 2.05) is 54.6 Å². The Morgan fingerprint density at radius 1 is 1.16 bits per heavy atom. The summed E-state index contributed by atoms with van der Waals surface area (Å²) in [5, 5.41) is 13.4. The van der Waals surface area contributed by atoms with Crippen molar-refractivity contribution in [2.75, 3.05) is 5.32 Å². The van der Waals surface area contributed by atoms with Gasteiger partial charge in [0.25, 0.3) is 5.91 Å². The van der Waals surface area contributed by atoms with Crippen LogP contribution in [-0.4, -0.2) is 26.8 Å². The maximum absolute atomic E-state index is 12.4. The van der Waals surface area contributed by atoms with Gasteiger partial charge in [0.1, 0.15) is 12.0 Å². The standard InChI is InChI=1S/C18H15N5O2/c24-18(15-10-16(25-23-15)12-5-2-1-3-6-12)21-14-8-4-7-13(9-14)17-19-11-20-22-17/h1-9,11,16H,10H2,(H,21,24)(H,19,20,22). The van der Waals surface area contributed by atoms with E-state index in [0.29, 0.717) is 23.6 Å². The average Bonchev–Trinajstić information content (AvgIpc) is 3.35. The summed E-state index contributed by atoms with van der Waals surface area (Å²) in [6.45, 7) is 0. The Morgan fingerprint density at radius 3 is 2.84 bits per heavy atom. The van der Waals surface area contributed by atoms with E-state index in [2.05, 4.69) is 25.7 Å². The van der Waals surface area contributed by atoms with Crippen molar-refractivity contribution in [3.63, 3.8) is 0 Å². The van der Waals surface area contributed by atoms with Crippen molar-refractivity contribution >= 4 is 17.3 Å². The number of nitrogens with one attached hydrogen (secondary N) is 2. The second-order valence-electron chi connectivity index (χ2n) is 5.62. The van der Waals surface area contributed by atoms with Gasteiger partial charge in [0, 0.05) is 17.7 Å². The van der Waals surface area contributed by atoms with Gasteiger partial charge in [-0.15, -0.1) is 0 Å².